The van der Waals surface area contributed by atoms with Crippen LogP contribution >= 0.6 is 0 Å². The predicted molar refractivity (Wildman–Crippen MR) is 252 cm³/mol. The zero-order valence-electron chi connectivity index (χ0n) is 33.4. The Balaban J connectivity index is 1.03. The fourth-order valence-electron chi connectivity index (χ4n) is 9.04. The molecule has 11 aromatic rings. The first kappa shape index (κ1) is 35.4. The van der Waals surface area contributed by atoms with Crippen LogP contribution in [0.25, 0.3) is 88.3 Å². The number of rotatable bonds is 7. The average Bonchev–Trinajstić information content (AvgIpc) is 3.69. The van der Waals surface area contributed by atoms with Crippen molar-refractivity contribution in [2.75, 3.05) is 4.90 Å². The minimum atomic E-state index is 0.902. The van der Waals surface area contributed by atoms with E-state index in [9.17, 15) is 0 Å². The number of fused-ring (bicyclic) bond motifs is 6. The van der Waals surface area contributed by atoms with Gasteiger partial charge < -0.3 is 9.32 Å². The molecule has 60 heavy (non-hydrogen) atoms. The van der Waals surface area contributed by atoms with Gasteiger partial charge in [0.1, 0.15) is 11.2 Å². The highest BCUT2D eigenvalue weighted by Gasteiger charge is 2.20. The van der Waals surface area contributed by atoms with Crippen molar-refractivity contribution in [2.24, 2.45) is 0 Å². The number of para-hydroxylation sites is 3. The van der Waals surface area contributed by atoms with Gasteiger partial charge in [-0.25, -0.2) is 4.98 Å². The highest BCUT2D eigenvalue weighted by molar-refractivity contribution is 6.13. The van der Waals surface area contributed by atoms with Gasteiger partial charge in [0.2, 0.25) is 0 Å². The largest absolute Gasteiger partial charge is 0.455 e. The SMILES string of the molecule is Cc1cccc(-c2ccc(N(c3ccc(-c4cccc5c4oc4ccccc45)cc3)c3cccc(-c4ccccc4)c3)cc2)c1-c1nc2ccccc2c2cccc(C)c12. The molecule has 0 saturated heterocycles. The van der Waals surface area contributed by atoms with Gasteiger partial charge in [0, 0.05) is 49.7 Å². The molecule has 0 fully saturated rings. The molecule has 11 rings (SSSR count). The maximum Gasteiger partial charge on any atom is 0.143 e. The zero-order chi connectivity index (χ0) is 40.2. The van der Waals surface area contributed by atoms with Crippen LogP contribution in [0.15, 0.2) is 211 Å². The van der Waals surface area contributed by atoms with E-state index in [0.29, 0.717) is 0 Å². The molecule has 0 aliphatic carbocycles. The normalized spacial score (nSPS) is 11.5. The first-order chi connectivity index (χ1) is 29.6. The van der Waals surface area contributed by atoms with E-state index < -0.39 is 0 Å². The molecular weight excluding hydrogens is 729 g/mol. The second kappa shape index (κ2) is 14.6. The Morgan fingerprint density at radius 1 is 0.400 bits per heavy atom. The summed E-state index contributed by atoms with van der Waals surface area (Å²) in [6, 6.07) is 73.6. The van der Waals surface area contributed by atoms with Crippen molar-refractivity contribution in [1.82, 2.24) is 4.98 Å². The van der Waals surface area contributed by atoms with Crippen molar-refractivity contribution in [2.45, 2.75) is 13.8 Å². The Morgan fingerprint density at radius 3 is 1.78 bits per heavy atom. The quantitative estimate of drug-likeness (QED) is 0.151. The summed E-state index contributed by atoms with van der Waals surface area (Å²) in [7, 11) is 0. The summed E-state index contributed by atoms with van der Waals surface area (Å²) in [6.07, 6.45) is 0. The fraction of sp³-hybridized carbons (Fsp3) is 0.0351. The fourth-order valence-corrected chi connectivity index (χ4v) is 9.04. The predicted octanol–water partition coefficient (Wildman–Crippen LogP) is 16.0. The molecule has 0 spiro atoms. The van der Waals surface area contributed by atoms with Crippen molar-refractivity contribution in [3.63, 3.8) is 0 Å². The van der Waals surface area contributed by atoms with Gasteiger partial charge in [-0.15, -0.1) is 0 Å². The van der Waals surface area contributed by atoms with Crippen molar-refractivity contribution in [3.8, 4) is 44.6 Å². The average molecular weight is 769 g/mol. The number of hydrogen-bond acceptors (Lipinski definition) is 3. The lowest BCUT2D eigenvalue weighted by Crippen LogP contribution is -2.10. The van der Waals surface area contributed by atoms with E-state index in [1.54, 1.807) is 0 Å². The first-order valence-corrected chi connectivity index (χ1v) is 20.5. The second-order valence-corrected chi connectivity index (χ2v) is 15.6. The lowest BCUT2D eigenvalue weighted by atomic mass is 9.89. The molecule has 0 radical (unpaired) electrons. The van der Waals surface area contributed by atoms with Gasteiger partial charge in [0.25, 0.3) is 0 Å². The Kier molecular flexibility index (Phi) is 8.60. The molecule has 0 aliphatic heterocycles. The molecular formula is C57H40N2O. The van der Waals surface area contributed by atoms with Gasteiger partial charge >= 0.3 is 0 Å². The number of pyridine rings is 1. The topological polar surface area (TPSA) is 29.3 Å². The minimum absolute atomic E-state index is 0.902. The van der Waals surface area contributed by atoms with Crippen LogP contribution in [0.2, 0.25) is 0 Å². The van der Waals surface area contributed by atoms with Crippen LogP contribution in [0, 0.1) is 13.8 Å². The van der Waals surface area contributed by atoms with E-state index in [2.05, 4.69) is 213 Å². The summed E-state index contributed by atoms with van der Waals surface area (Å²) >= 11 is 0. The molecule has 0 saturated carbocycles. The number of anilines is 3. The summed E-state index contributed by atoms with van der Waals surface area (Å²) in [5.74, 6) is 0. The maximum atomic E-state index is 6.43. The second-order valence-electron chi connectivity index (χ2n) is 15.6. The molecule has 0 amide bonds. The highest BCUT2D eigenvalue weighted by Crippen LogP contribution is 2.43. The van der Waals surface area contributed by atoms with Gasteiger partial charge in [-0.3, -0.25) is 0 Å². The number of aryl methyl sites for hydroxylation is 2. The molecule has 2 heterocycles. The Morgan fingerprint density at radius 2 is 0.983 bits per heavy atom. The third-order valence-corrected chi connectivity index (χ3v) is 11.9. The summed E-state index contributed by atoms with van der Waals surface area (Å²) in [6.45, 7) is 4.40. The van der Waals surface area contributed by atoms with Crippen LogP contribution in [0.3, 0.4) is 0 Å². The van der Waals surface area contributed by atoms with E-state index in [-0.39, 0.29) is 0 Å². The third kappa shape index (κ3) is 6.02. The van der Waals surface area contributed by atoms with Gasteiger partial charge in [-0.1, -0.05) is 158 Å². The molecule has 0 bridgehead atoms. The summed E-state index contributed by atoms with van der Waals surface area (Å²) < 4.78 is 6.43. The van der Waals surface area contributed by atoms with Crippen molar-refractivity contribution >= 4 is 60.7 Å². The molecule has 3 heteroatoms. The molecule has 9 aromatic carbocycles. The van der Waals surface area contributed by atoms with E-state index in [4.69, 9.17) is 9.40 Å². The van der Waals surface area contributed by atoms with Gasteiger partial charge in [0.05, 0.1) is 11.2 Å². The highest BCUT2D eigenvalue weighted by atomic mass is 16.3. The number of hydrogen-bond donors (Lipinski definition) is 0. The smallest absolute Gasteiger partial charge is 0.143 e. The summed E-state index contributed by atoms with van der Waals surface area (Å²) in [5, 5.41) is 5.87. The van der Waals surface area contributed by atoms with Crippen molar-refractivity contribution in [3.05, 3.63) is 217 Å². The van der Waals surface area contributed by atoms with E-state index in [1.807, 2.05) is 12.1 Å². The van der Waals surface area contributed by atoms with Crippen LogP contribution in [-0.4, -0.2) is 4.98 Å². The summed E-state index contributed by atoms with van der Waals surface area (Å²) in [5.41, 5.74) is 17.5. The first-order valence-electron chi connectivity index (χ1n) is 20.5. The zero-order valence-corrected chi connectivity index (χ0v) is 33.4. The summed E-state index contributed by atoms with van der Waals surface area (Å²) in [4.78, 5) is 7.73. The van der Waals surface area contributed by atoms with Crippen LogP contribution in [0.5, 0.6) is 0 Å². The molecule has 3 nitrogen and oxygen atoms in total. The van der Waals surface area contributed by atoms with Crippen molar-refractivity contribution in [1.29, 1.82) is 0 Å². The standard InChI is InChI=1S/C57H40N2O/c1-37-14-10-22-46(54(37)56-55-38(2)15-11-24-50(55)48-20-6-8-26-52(48)58-56)40-28-32-43(33-29-40)59(45-19-12-18-42(36-45)39-16-4-3-5-17-39)44-34-30-41(31-35-44)47-23-13-25-51-49-21-7-9-27-53(49)60-57(47)51/h3-36H,1-2H3. The number of nitrogens with zero attached hydrogens (tertiary/aromatic N) is 2. The molecule has 0 N–H and O–H groups in total. The van der Waals surface area contributed by atoms with Crippen LogP contribution in [0.1, 0.15) is 11.1 Å². The molecule has 0 unspecified atom stereocenters. The molecule has 0 aliphatic rings. The maximum absolute atomic E-state index is 6.43. The number of furan rings is 1. The van der Waals surface area contributed by atoms with Gasteiger partial charge in [-0.2, -0.15) is 0 Å². The molecule has 284 valence electrons. The lowest BCUT2D eigenvalue weighted by Gasteiger charge is -2.26. The Labute approximate surface area is 349 Å². The van der Waals surface area contributed by atoms with Gasteiger partial charge in [-0.05, 0) is 107 Å². The van der Waals surface area contributed by atoms with Crippen LogP contribution < -0.4 is 4.90 Å². The molecule has 2 aromatic heterocycles. The van der Waals surface area contributed by atoms with Crippen LogP contribution in [-0.2, 0) is 0 Å². The third-order valence-electron chi connectivity index (χ3n) is 11.9. The van der Waals surface area contributed by atoms with E-state index in [0.717, 1.165) is 83.6 Å². The molecule has 0 atom stereocenters. The number of aromatic nitrogens is 1. The van der Waals surface area contributed by atoms with Crippen LogP contribution in [0.4, 0.5) is 17.1 Å². The Bertz CT molecular complexity index is 3380. The van der Waals surface area contributed by atoms with Gasteiger partial charge in [0.15, 0.2) is 0 Å². The van der Waals surface area contributed by atoms with E-state index >= 15 is 0 Å². The van der Waals surface area contributed by atoms with E-state index in [1.165, 1.54) is 32.8 Å². The Hall–Kier alpha value is -7.75. The minimum Gasteiger partial charge on any atom is -0.455 e. The number of benzene rings is 9. The van der Waals surface area contributed by atoms with Crippen molar-refractivity contribution < 1.29 is 4.42 Å². The monoisotopic (exact) mass is 768 g/mol. The lowest BCUT2D eigenvalue weighted by molar-refractivity contribution is 0.670.